The van der Waals surface area contributed by atoms with E-state index >= 15 is 0 Å². The van der Waals surface area contributed by atoms with Crippen molar-refractivity contribution in [2.24, 2.45) is 0 Å². The summed E-state index contributed by atoms with van der Waals surface area (Å²) in [5.74, 6) is -0.209. The first-order chi connectivity index (χ1) is 10.5. The van der Waals surface area contributed by atoms with Crippen LogP contribution in [0.1, 0.15) is 31.2 Å². The van der Waals surface area contributed by atoms with Crippen molar-refractivity contribution in [3.05, 3.63) is 35.6 Å². The third-order valence-corrected chi connectivity index (χ3v) is 7.49. The van der Waals surface area contributed by atoms with Crippen molar-refractivity contribution < 1.29 is 12.8 Å². The summed E-state index contributed by atoms with van der Waals surface area (Å²) in [7, 11) is -3.07. The molecule has 4 rings (SSSR count). The summed E-state index contributed by atoms with van der Waals surface area (Å²) in [6, 6.07) is 7.26. The third kappa shape index (κ3) is 2.57. The van der Waals surface area contributed by atoms with Gasteiger partial charge in [-0.25, -0.2) is 12.8 Å². The molecular formula is C16H21FN2O2S. The number of sulfonamides is 1. The Morgan fingerprint density at radius 1 is 1.09 bits per heavy atom. The van der Waals surface area contributed by atoms with Crippen LogP contribution in [0.3, 0.4) is 0 Å². The van der Waals surface area contributed by atoms with Crippen LogP contribution < -0.4 is 0 Å². The quantitative estimate of drug-likeness (QED) is 0.850. The highest BCUT2D eigenvalue weighted by Crippen LogP contribution is 2.37. The van der Waals surface area contributed by atoms with Crippen molar-refractivity contribution in [1.29, 1.82) is 0 Å². The smallest absolute Gasteiger partial charge is 0.217 e. The summed E-state index contributed by atoms with van der Waals surface area (Å²) >= 11 is 0. The van der Waals surface area contributed by atoms with Gasteiger partial charge in [-0.1, -0.05) is 12.1 Å². The molecule has 0 spiro atoms. The molecule has 2 saturated heterocycles. The summed E-state index contributed by atoms with van der Waals surface area (Å²) in [6.07, 6.45) is 3.72. The SMILES string of the molecule is O=S(=O)(C1CC1)N1C[C@H]2CC[C@@H](C1)N2Cc1cccc(F)c1. The van der Waals surface area contributed by atoms with Crippen LogP contribution in [0.5, 0.6) is 0 Å². The average Bonchev–Trinajstić information content (AvgIpc) is 3.29. The molecule has 1 aromatic carbocycles. The van der Waals surface area contributed by atoms with Crippen LogP contribution >= 0.6 is 0 Å². The molecule has 2 heterocycles. The van der Waals surface area contributed by atoms with Gasteiger partial charge in [-0.05, 0) is 43.4 Å². The number of nitrogens with zero attached hydrogens (tertiary/aromatic N) is 2. The minimum Gasteiger partial charge on any atom is -0.291 e. The number of hydrogen-bond acceptors (Lipinski definition) is 3. The highest BCUT2D eigenvalue weighted by Gasteiger charge is 2.47. The lowest BCUT2D eigenvalue weighted by molar-refractivity contribution is 0.103. The fraction of sp³-hybridized carbons (Fsp3) is 0.625. The first-order valence-corrected chi connectivity index (χ1v) is 9.53. The molecule has 1 aromatic rings. The topological polar surface area (TPSA) is 40.6 Å². The Labute approximate surface area is 131 Å². The van der Waals surface area contributed by atoms with E-state index in [0.29, 0.717) is 19.6 Å². The number of hydrogen-bond donors (Lipinski definition) is 0. The van der Waals surface area contributed by atoms with Gasteiger partial charge in [0, 0.05) is 31.7 Å². The minimum atomic E-state index is -3.07. The Hall–Kier alpha value is -0.980. The molecule has 3 fully saturated rings. The molecule has 2 atom stereocenters. The lowest BCUT2D eigenvalue weighted by atomic mass is 10.1. The second kappa shape index (κ2) is 5.28. The Balaban J connectivity index is 1.49. The Morgan fingerprint density at radius 2 is 1.77 bits per heavy atom. The Morgan fingerprint density at radius 3 is 2.36 bits per heavy atom. The molecule has 6 heteroatoms. The summed E-state index contributed by atoms with van der Waals surface area (Å²) in [6.45, 7) is 1.92. The molecule has 120 valence electrons. The predicted octanol–water partition coefficient (Wildman–Crippen LogP) is 1.97. The number of benzene rings is 1. The van der Waals surface area contributed by atoms with Gasteiger partial charge in [0.2, 0.25) is 10.0 Å². The number of halogens is 1. The van der Waals surface area contributed by atoms with Crippen LogP contribution in [0.2, 0.25) is 0 Å². The average molecular weight is 324 g/mol. The van der Waals surface area contributed by atoms with Crippen molar-refractivity contribution >= 4 is 10.0 Å². The molecular weight excluding hydrogens is 303 g/mol. The van der Waals surface area contributed by atoms with Gasteiger partial charge in [0.1, 0.15) is 5.82 Å². The summed E-state index contributed by atoms with van der Waals surface area (Å²) in [5, 5.41) is -0.123. The first-order valence-electron chi connectivity index (χ1n) is 8.03. The van der Waals surface area contributed by atoms with Gasteiger partial charge in [-0.15, -0.1) is 0 Å². The maximum Gasteiger partial charge on any atom is 0.217 e. The molecule has 2 bridgehead atoms. The molecule has 1 saturated carbocycles. The van der Waals surface area contributed by atoms with Crippen molar-refractivity contribution in [2.45, 2.75) is 49.6 Å². The van der Waals surface area contributed by atoms with Crippen LogP contribution in [0.4, 0.5) is 4.39 Å². The normalized spacial score (nSPS) is 29.9. The van der Waals surface area contributed by atoms with Crippen molar-refractivity contribution in [1.82, 2.24) is 9.21 Å². The molecule has 0 radical (unpaired) electrons. The van der Waals surface area contributed by atoms with Crippen LogP contribution in [0.25, 0.3) is 0 Å². The van der Waals surface area contributed by atoms with Crippen molar-refractivity contribution in [3.8, 4) is 0 Å². The van der Waals surface area contributed by atoms with E-state index in [1.54, 1.807) is 16.4 Å². The van der Waals surface area contributed by atoms with E-state index in [0.717, 1.165) is 31.2 Å². The fourth-order valence-corrected chi connectivity index (χ4v) is 5.75. The maximum atomic E-state index is 13.3. The molecule has 22 heavy (non-hydrogen) atoms. The van der Waals surface area contributed by atoms with E-state index in [2.05, 4.69) is 4.90 Å². The van der Waals surface area contributed by atoms with Gasteiger partial charge in [-0.3, -0.25) is 4.90 Å². The summed E-state index contributed by atoms with van der Waals surface area (Å²) in [5.41, 5.74) is 0.968. The molecule has 0 aromatic heterocycles. The Bertz CT molecular complexity index is 660. The lowest BCUT2D eigenvalue weighted by Crippen LogP contribution is -2.55. The fourth-order valence-electron chi connectivity index (χ4n) is 3.84. The van der Waals surface area contributed by atoms with Crippen molar-refractivity contribution in [3.63, 3.8) is 0 Å². The van der Waals surface area contributed by atoms with Crippen LogP contribution in [-0.4, -0.2) is 48.0 Å². The molecule has 1 aliphatic carbocycles. The minimum absolute atomic E-state index is 0.123. The van der Waals surface area contributed by atoms with E-state index in [1.807, 2.05) is 6.07 Å². The number of rotatable bonds is 4. The highest BCUT2D eigenvalue weighted by molar-refractivity contribution is 7.90. The molecule has 0 amide bonds. The van der Waals surface area contributed by atoms with Gasteiger partial charge >= 0.3 is 0 Å². The van der Waals surface area contributed by atoms with Gasteiger partial charge in [0.05, 0.1) is 5.25 Å². The van der Waals surface area contributed by atoms with Crippen LogP contribution in [0.15, 0.2) is 24.3 Å². The third-order valence-electron chi connectivity index (χ3n) is 5.16. The highest BCUT2D eigenvalue weighted by atomic mass is 32.2. The molecule has 4 nitrogen and oxygen atoms in total. The van der Waals surface area contributed by atoms with Gasteiger partial charge in [0.15, 0.2) is 0 Å². The summed E-state index contributed by atoms with van der Waals surface area (Å²) < 4.78 is 39.9. The van der Waals surface area contributed by atoms with E-state index in [4.69, 9.17) is 0 Å². The van der Waals surface area contributed by atoms with E-state index < -0.39 is 10.0 Å². The van der Waals surface area contributed by atoms with Gasteiger partial charge in [-0.2, -0.15) is 4.31 Å². The van der Waals surface area contributed by atoms with Crippen LogP contribution in [-0.2, 0) is 16.6 Å². The lowest BCUT2D eigenvalue weighted by Gasteiger charge is -2.40. The van der Waals surface area contributed by atoms with Crippen molar-refractivity contribution in [2.75, 3.05) is 13.1 Å². The number of piperazine rings is 1. The zero-order valence-corrected chi connectivity index (χ0v) is 13.3. The molecule has 2 aliphatic heterocycles. The molecule has 0 unspecified atom stereocenters. The standard InChI is InChI=1S/C16H21FN2O2S/c17-13-3-1-2-12(8-13)9-19-14-4-5-15(19)11-18(10-14)22(20,21)16-6-7-16/h1-3,8,14-16H,4-7,9-11H2/t14-,15+. The zero-order valence-electron chi connectivity index (χ0n) is 12.5. The van der Waals surface area contributed by atoms with Gasteiger partial charge in [0.25, 0.3) is 0 Å². The van der Waals surface area contributed by atoms with Crippen LogP contribution in [0, 0.1) is 5.82 Å². The summed E-state index contributed by atoms with van der Waals surface area (Å²) in [4.78, 5) is 2.37. The second-order valence-corrected chi connectivity index (χ2v) is 8.96. The van der Waals surface area contributed by atoms with Gasteiger partial charge < -0.3 is 0 Å². The molecule has 3 aliphatic rings. The van der Waals surface area contributed by atoms with E-state index in [1.165, 1.54) is 6.07 Å². The largest absolute Gasteiger partial charge is 0.291 e. The predicted molar refractivity (Wildman–Crippen MR) is 82.3 cm³/mol. The first kappa shape index (κ1) is 14.6. The Kier molecular flexibility index (Phi) is 3.51. The number of fused-ring (bicyclic) bond motifs is 2. The zero-order chi connectivity index (χ0) is 15.3. The monoisotopic (exact) mass is 324 g/mol. The molecule has 0 N–H and O–H groups in total. The maximum absolute atomic E-state index is 13.3. The second-order valence-electron chi connectivity index (χ2n) is 6.75. The van der Waals surface area contributed by atoms with E-state index in [-0.39, 0.29) is 23.2 Å². The van der Waals surface area contributed by atoms with E-state index in [9.17, 15) is 12.8 Å².